The summed E-state index contributed by atoms with van der Waals surface area (Å²) >= 11 is 1.55. The van der Waals surface area contributed by atoms with Gasteiger partial charge in [-0.05, 0) is 18.4 Å². The van der Waals surface area contributed by atoms with Crippen molar-refractivity contribution in [3.05, 3.63) is 35.9 Å². The maximum Gasteiger partial charge on any atom is 0.239 e. The van der Waals surface area contributed by atoms with E-state index >= 15 is 0 Å². The zero-order chi connectivity index (χ0) is 13.5. The van der Waals surface area contributed by atoms with E-state index in [1.165, 1.54) is 5.56 Å². The lowest BCUT2D eigenvalue weighted by molar-refractivity contribution is -0.124. The predicted octanol–water partition coefficient (Wildman–Crippen LogP) is 1.31. The van der Waals surface area contributed by atoms with Gasteiger partial charge in [0.1, 0.15) is 0 Å². The van der Waals surface area contributed by atoms with Crippen LogP contribution in [0, 0.1) is 0 Å². The monoisotopic (exact) mass is 278 g/mol. The van der Waals surface area contributed by atoms with Crippen LogP contribution >= 0.6 is 11.8 Å². The predicted molar refractivity (Wildman–Crippen MR) is 76.8 cm³/mol. The Morgan fingerprint density at radius 3 is 2.58 bits per heavy atom. The molecule has 0 spiro atoms. The minimum Gasteiger partial charge on any atom is -0.352 e. The molecule has 19 heavy (non-hydrogen) atoms. The summed E-state index contributed by atoms with van der Waals surface area (Å²) in [5.41, 5.74) is 1.20. The van der Waals surface area contributed by atoms with E-state index in [2.05, 4.69) is 10.6 Å². The third-order valence-electron chi connectivity index (χ3n) is 2.73. The van der Waals surface area contributed by atoms with Crippen LogP contribution < -0.4 is 10.6 Å². The van der Waals surface area contributed by atoms with Crippen molar-refractivity contribution in [2.75, 3.05) is 12.3 Å². The SMILES string of the molecule is O=C(CSCc1ccccc1)NCC(=O)NC1CC1. The highest BCUT2D eigenvalue weighted by Gasteiger charge is 2.23. The summed E-state index contributed by atoms with van der Waals surface area (Å²) in [6, 6.07) is 10.4. The van der Waals surface area contributed by atoms with Crippen LogP contribution in [0.5, 0.6) is 0 Å². The lowest BCUT2D eigenvalue weighted by atomic mass is 10.2. The quantitative estimate of drug-likeness (QED) is 0.791. The molecule has 0 unspecified atom stereocenters. The molecular formula is C14H18N2O2S. The van der Waals surface area contributed by atoms with Crippen molar-refractivity contribution in [3.63, 3.8) is 0 Å². The number of nitrogens with one attached hydrogen (secondary N) is 2. The molecule has 2 N–H and O–H groups in total. The lowest BCUT2D eigenvalue weighted by Crippen LogP contribution is -2.38. The summed E-state index contributed by atoms with van der Waals surface area (Å²) in [7, 11) is 0. The third-order valence-corrected chi connectivity index (χ3v) is 3.74. The fraction of sp³-hybridized carbons (Fsp3) is 0.429. The van der Waals surface area contributed by atoms with Crippen LogP contribution in [-0.2, 0) is 15.3 Å². The molecule has 4 nitrogen and oxygen atoms in total. The molecule has 0 atom stereocenters. The van der Waals surface area contributed by atoms with Gasteiger partial charge in [-0.3, -0.25) is 9.59 Å². The Morgan fingerprint density at radius 2 is 1.89 bits per heavy atom. The molecule has 1 aromatic carbocycles. The molecule has 1 saturated carbocycles. The van der Waals surface area contributed by atoms with Crippen molar-refractivity contribution in [1.82, 2.24) is 10.6 Å². The summed E-state index contributed by atoms with van der Waals surface area (Å²) in [5.74, 6) is 1.00. The maximum atomic E-state index is 11.5. The fourth-order valence-corrected chi connectivity index (χ4v) is 2.39. The van der Waals surface area contributed by atoms with Crippen molar-refractivity contribution in [2.45, 2.75) is 24.6 Å². The minimum absolute atomic E-state index is 0.0846. The van der Waals surface area contributed by atoms with Gasteiger partial charge < -0.3 is 10.6 Å². The van der Waals surface area contributed by atoms with E-state index in [0.717, 1.165) is 18.6 Å². The first-order valence-electron chi connectivity index (χ1n) is 6.42. The van der Waals surface area contributed by atoms with E-state index in [4.69, 9.17) is 0 Å². The summed E-state index contributed by atoms with van der Waals surface area (Å²) in [4.78, 5) is 22.9. The molecule has 0 saturated heterocycles. The van der Waals surface area contributed by atoms with E-state index in [1.807, 2.05) is 30.3 Å². The second-order valence-electron chi connectivity index (χ2n) is 4.60. The average molecular weight is 278 g/mol. The van der Waals surface area contributed by atoms with Crippen LogP contribution in [0.1, 0.15) is 18.4 Å². The number of amides is 2. The highest BCUT2D eigenvalue weighted by Crippen LogP contribution is 2.18. The zero-order valence-electron chi connectivity index (χ0n) is 10.7. The topological polar surface area (TPSA) is 58.2 Å². The second kappa shape index (κ2) is 7.19. The standard InChI is InChI=1S/C14H18N2O2S/c17-13(16-12-6-7-12)8-15-14(18)10-19-9-11-4-2-1-3-5-11/h1-5,12H,6-10H2,(H,15,18)(H,16,17). The van der Waals surface area contributed by atoms with E-state index in [-0.39, 0.29) is 18.4 Å². The molecule has 1 aliphatic carbocycles. The van der Waals surface area contributed by atoms with Gasteiger partial charge in [0.05, 0.1) is 12.3 Å². The van der Waals surface area contributed by atoms with E-state index in [1.54, 1.807) is 11.8 Å². The molecule has 1 aliphatic rings. The maximum absolute atomic E-state index is 11.5. The number of hydrogen-bond donors (Lipinski definition) is 2. The first-order chi connectivity index (χ1) is 9.24. The summed E-state index contributed by atoms with van der Waals surface area (Å²) in [6.07, 6.45) is 2.12. The van der Waals surface area contributed by atoms with Crippen LogP contribution in [-0.4, -0.2) is 30.2 Å². The molecule has 2 amide bonds. The van der Waals surface area contributed by atoms with Crippen molar-refractivity contribution >= 4 is 23.6 Å². The van der Waals surface area contributed by atoms with E-state index in [9.17, 15) is 9.59 Å². The minimum atomic E-state index is -0.0936. The van der Waals surface area contributed by atoms with Gasteiger partial charge >= 0.3 is 0 Å². The molecule has 0 bridgehead atoms. The molecule has 5 heteroatoms. The normalized spacial score (nSPS) is 13.9. The first-order valence-corrected chi connectivity index (χ1v) is 7.57. The zero-order valence-corrected chi connectivity index (χ0v) is 11.5. The molecule has 0 heterocycles. The molecule has 1 aromatic rings. The number of thioether (sulfide) groups is 1. The van der Waals surface area contributed by atoms with Crippen molar-refractivity contribution in [2.24, 2.45) is 0 Å². The molecule has 102 valence electrons. The van der Waals surface area contributed by atoms with Gasteiger partial charge in [0.15, 0.2) is 0 Å². The Bertz CT molecular complexity index is 432. The average Bonchev–Trinajstić information content (AvgIpc) is 3.22. The van der Waals surface area contributed by atoms with Crippen LogP contribution in [0.3, 0.4) is 0 Å². The van der Waals surface area contributed by atoms with Gasteiger partial charge in [-0.25, -0.2) is 0 Å². The van der Waals surface area contributed by atoms with Crippen LogP contribution in [0.2, 0.25) is 0 Å². The largest absolute Gasteiger partial charge is 0.352 e. The number of carbonyl (C=O) groups excluding carboxylic acids is 2. The van der Waals surface area contributed by atoms with Crippen molar-refractivity contribution in [3.8, 4) is 0 Å². The Kier molecular flexibility index (Phi) is 5.27. The number of rotatable bonds is 7. The van der Waals surface area contributed by atoms with Gasteiger partial charge in [-0.2, -0.15) is 0 Å². The third kappa shape index (κ3) is 5.79. The van der Waals surface area contributed by atoms with E-state index < -0.39 is 0 Å². The molecule has 0 aliphatic heterocycles. The number of benzene rings is 1. The summed E-state index contributed by atoms with van der Waals surface area (Å²) in [6.45, 7) is 0.0846. The first kappa shape index (κ1) is 13.9. The van der Waals surface area contributed by atoms with Gasteiger partial charge in [0.25, 0.3) is 0 Å². The molecule has 1 fully saturated rings. The number of carbonyl (C=O) groups is 2. The second-order valence-corrected chi connectivity index (χ2v) is 5.58. The molecule has 0 aromatic heterocycles. The van der Waals surface area contributed by atoms with Gasteiger partial charge in [0.2, 0.25) is 11.8 Å². The van der Waals surface area contributed by atoms with Crippen molar-refractivity contribution < 1.29 is 9.59 Å². The van der Waals surface area contributed by atoms with Gasteiger partial charge in [0, 0.05) is 11.8 Å². The Morgan fingerprint density at radius 1 is 1.16 bits per heavy atom. The van der Waals surface area contributed by atoms with Crippen LogP contribution in [0.4, 0.5) is 0 Å². The Hall–Kier alpha value is -1.49. The Balaban J connectivity index is 1.55. The van der Waals surface area contributed by atoms with Crippen LogP contribution in [0.15, 0.2) is 30.3 Å². The molecule has 0 radical (unpaired) electrons. The Labute approximate surface area is 117 Å². The summed E-state index contributed by atoms with van der Waals surface area (Å²) < 4.78 is 0. The summed E-state index contributed by atoms with van der Waals surface area (Å²) in [5, 5.41) is 5.46. The fourth-order valence-electron chi connectivity index (χ4n) is 1.57. The smallest absolute Gasteiger partial charge is 0.239 e. The molecule has 2 rings (SSSR count). The van der Waals surface area contributed by atoms with Gasteiger partial charge in [-0.1, -0.05) is 30.3 Å². The highest BCUT2D eigenvalue weighted by molar-refractivity contribution is 7.99. The molecular weight excluding hydrogens is 260 g/mol. The lowest BCUT2D eigenvalue weighted by Gasteiger charge is -2.06. The van der Waals surface area contributed by atoms with Gasteiger partial charge in [-0.15, -0.1) is 11.8 Å². The van der Waals surface area contributed by atoms with E-state index in [0.29, 0.717) is 11.8 Å². The van der Waals surface area contributed by atoms with Crippen molar-refractivity contribution in [1.29, 1.82) is 0 Å². The highest BCUT2D eigenvalue weighted by atomic mass is 32.2. The number of hydrogen-bond acceptors (Lipinski definition) is 3. The van der Waals surface area contributed by atoms with Crippen LogP contribution in [0.25, 0.3) is 0 Å².